The van der Waals surface area contributed by atoms with E-state index in [1.54, 1.807) is 6.07 Å². The third kappa shape index (κ3) is 4.64. The number of rotatable bonds is 8. The van der Waals surface area contributed by atoms with Crippen molar-refractivity contribution in [1.82, 2.24) is 5.32 Å². The van der Waals surface area contributed by atoms with Gasteiger partial charge in [-0.2, -0.15) is 0 Å². The van der Waals surface area contributed by atoms with E-state index in [9.17, 15) is 9.59 Å². The molecule has 1 heterocycles. The molecule has 0 spiro atoms. The number of nitrogens with zero attached hydrogens (tertiary/aromatic N) is 1. The first-order chi connectivity index (χ1) is 12.6. The standard InChI is InChI=1S/C20H25N3O2S/c1-3-4-12-23(2)16-9-5-14(6-10-16)18(24)22-20-17(11-13-26-20)19(25)21-15-7-8-15/h5-6,9-11,13,15H,3-4,7-8,12H2,1-2H3,(H,21,25)(H,22,24). The maximum atomic E-state index is 12.5. The zero-order valence-corrected chi connectivity index (χ0v) is 16.1. The summed E-state index contributed by atoms with van der Waals surface area (Å²) in [5, 5.41) is 8.24. The van der Waals surface area contributed by atoms with Crippen molar-refractivity contribution in [2.75, 3.05) is 23.8 Å². The Morgan fingerprint density at radius 2 is 1.88 bits per heavy atom. The van der Waals surface area contributed by atoms with Gasteiger partial charge in [-0.05, 0) is 55.0 Å². The minimum Gasteiger partial charge on any atom is -0.375 e. The van der Waals surface area contributed by atoms with Crippen LogP contribution in [-0.4, -0.2) is 31.4 Å². The van der Waals surface area contributed by atoms with E-state index >= 15 is 0 Å². The summed E-state index contributed by atoms with van der Waals surface area (Å²) < 4.78 is 0. The molecular weight excluding hydrogens is 346 g/mol. The molecule has 2 N–H and O–H groups in total. The SMILES string of the molecule is CCCCN(C)c1ccc(C(=O)Nc2sccc2C(=O)NC2CC2)cc1. The second-order valence-corrected chi connectivity index (χ2v) is 7.60. The highest BCUT2D eigenvalue weighted by Crippen LogP contribution is 2.26. The second-order valence-electron chi connectivity index (χ2n) is 6.69. The van der Waals surface area contributed by atoms with Crippen molar-refractivity contribution in [3.8, 4) is 0 Å². The quantitative estimate of drug-likeness (QED) is 0.733. The molecule has 0 radical (unpaired) electrons. The Kier molecular flexibility index (Phi) is 5.93. The topological polar surface area (TPSA) is 61.4 Å². The summed E-state index contributed by atoms with van der Waals surface area (Å²) in [5.74, 6) is -0.312. The van der Waals surface area contributed by atoms with Gasteiger partial charge in [-0.1, -0.05) is 13.3 Å². The fourth-order valence-corrected chi connectivity index (χ4v) is 3.42. The average Bonchev–Trinajstić information content (AvgIpc) is 3.34. The first-order valence-corrected chi connectivity index (χ1v) is 9.97. The molecule has 1 fully saturated rings. The van der Waals surface area contributed by atoms with Crippen LogP contribution in [0, 0.1) is 0 Å². The van der Waals surface area contributed by atoms with Crippen LogP contribution in [0.2, 0.25) is 0 Å². The highest BCUT2D eigenvalue weighted by Gasteiger charge is 2.25. The number of unbranched alkanes of at least 4 members (excludes halogenated alkanes) is 1. The van der Waals surface area contributed by atoms with Crippen molar-refractivity contribution < 1.29 is 9.59 Å². The van der Waals surface area contributed by atoms with Crippen molar-refractivity contribution in [1.29, 1.82) is 0 Å². The van der Waals surface area contributed by atoms with Crippen LogP contribution < -0.4 is 15.5 Å². The minimum atomic E-state index is -0.198. The molecule has 5 nitrogen and oxygen atoms in total. The Hall–Kier alpha value is -2.34. The van der Waals surface area contributed by atoms with Gasteiger partial charge in [-0.25, -0.2) is 0 Å². The minimum absolute atomic E-state index is 0.114. The van der Waals surface area contributed by atoms with Gasteiger partial charge >= 0.3 is 0 Å². The molecule has 2 aromatic rings. The maximum absolute atomic E-state index is 12.5. The zero-order valence-electron chi connectivity index (χ0n) is 15.2. The molecule has 0 bridgehead atoms. The number of benzene rings is 1. The Morgan fingerprint density at radius 1 is 1.15 bits per heavy atom. The molecule has 3 rings (SSSR count). The van der Waals surface area contributed by atoms with Crippen LogP contribution in [-0.2, 0) is 0 Å². The number of hydrogen-bond acceptors (Lipinski definition) is 4. The van der Waals surface area contributed by atoms with Gasteiger partial charge in [-0.3, -0.25) is 9.59 Å². The fraction of sp³-hybridized carbons (Fsp3) is 0.400. The Labute approximate surface area is 158 Å². The van der Waals surface area contributed by atoms with Gasteiger partial charge in [0.15, 0.2) is 0 Å². The lowest BCUT2D eigenvalue weighted by atomic mass is 10.1. The molecule has 1 aromatic carbocycles. The van der Waals surface area contributed by atoms with E-state index in [-0.39, 0.29) is 11.8 Å². The van der Waals surface area contributed by atoms with Crippen LogP contribution >= 0.6 is 11.3 Å². The molecule has 6 heteroatoms. The summed E-state index contributed by atoms with van der Waals surface area (Å²) in [6.07, 6.45) is 4.37. The average molecular weight is 372 g/mol. The summed E-state index contributed by atoms with van der Waals surface area (Å²) in [6.45, 7) is 3.17. The molecular formula is C20H25N3O2S. The van der Waals surface area contributed by atoms with Gasteiger partial charge in [0.2, 0.25) is 0 Å². The van der Waals surface area contributed by atoms with Gasteiger partial charge in [-0.15, -0.1) is 11.3 Å². The lowest BCUT2D eigenvalue weighted by Gasteiger charge is -2.19. The largest absolute Gasteiger partial charge is 0.375 e. The van der Waals surface area contributed by atoms with E-state index in [4.69, 9.17) is 0 Å². The molecule has 0 atom stereocenters. The van der Waals surface area contributed by atoms with Gasteiger partial charge in [0, 0.05) is 30.9 Å². The first kappa shape index (κ1) is 18.5. The van der Waals surface area contributed by atoms with Crippen molar-refractivity contribution in [3.05, 3.63) is 46.8 Å². The van der Waals surface area contributed by atoms with Crippen LogP contribution in [0.3, 0.4) is 0 Å². The van der Waals surface area contributed by atoms with Crippen LogP contribution in [0.25, 0.3) is 0 Å². The summed E-state index contributed by atoms with van der Waals surface area (Å²) in [7, 11) is 2.06. The first-order valence-electron chi connectivity index (χ1n) is 9.09. The molecule has 0 aliphatic heterocycles. The molecule has 26 heavy (non-hydrogen) atoms. The number of anilines is 2. The predicted octanol–water partition coefficient (Wildman–Crippen LogP) is 4.13. The van der Waals surface area contributed by atoms with E-state index < -0.39 is 0 Å². The van der Waals surface area contributed by atoms with Crippen LogP contribution in [0.15, 0.2) is 35.7 Å². The van der Waals surface area contributed by atoms with E-state index in [0.717, 1.165) is 37.9 Å². The monoisotopic (exact) mass is 371 g/mol. The molecule has 0 saturated heterocycles. The lowest BCUT2D eigenvalue weighted by molar-refractivity contribution is 0.0952. The Balaban J connectivity index is 1.63. The van der Waals surface area contributed by atoms with Gasteiger partial charge in [0.1, 0.15) is 5.00 Å². The summed E-state index contributed by atoms with van der Waals surface area (Å²) in [6, 6.07) is 9.61. The number of nitrogens with one attached hydrogen (secondary N) is 2. The Morgan fingerprint density at radius 3 is 2.54 bits per heavy atom. The van der Waals surface area contributed by atoms with Crippen molar-refractivity contribution in [3.63, 3.8) is 0 Å². The highest BCUT2D eigenvalue weighted by atomic mass is 32.1. The van der Waals surface area contributed by atoms with E-state index in [0.29, 0.717) is 22.2 Å². The predicted molar refractivity (Wildman–Crippen MR) is 107 cm³/mol. The van der Waals surface area contributed by atoms with Gasteiger partial charge in [0.25, 0.3) is 11.8 Å². The van der Waals surface area contributed by atoms with Crippen molar-refractivity contribution in [2.45, 2.75) is 38.6 Å². The molecule has 1 saturated carbocycles. The number of thiophene rings is 1. The van der Waals surface area contributed by atoms with Crippen LogP contribution in [0.1, 0.15) is 53.3 Å². The molecule has 2 amide bonds. The van der Waals surface area contributed by atoms with Gasteiger partial charge in [0.05, 0.1) is 5.56 Å². The molecule has 0 unspecified atom stereocenters. The highest BCUT2D eigenvalue weighted by molar-refractivity contribution is 7.14. The smallest absolute Gasteiger partial charge is 0.256 e. The van der Waals surface area contributed by atoms with Crippen molar-refractivity contribution >= 4 is 33.8 Å². The number of carbonyl (C=O) groups is 2. The Bertz CT molecular complexity index is 766. The maximum Gasteiger partial charge on any atom is 0.256 e. The fourth-order valence-electron chi connectivity index (χ4n) is 2.64. The van der Waals surface area contributed by atoms with Crippen LogP contribution in [0.5, 0.6) is 0 Å². The normalized spacial score (nSPS) is 13.3. The lowest BCUT2D eigenvalue weighted by Crippen LogP contribution is -2.26. The van der Waals surface area contributed by atoms with Gasteiger partial charge < -0.3 is 15.5 Å². The summed E-state index contributed by atoms with van der Waals surface area (Å²) in [5.41, 5.74) is 2.21. The summed E-state index contributed by atoms with van der Waals surface area (Å²) in [4.78, 5) is 26.9. The van der Waals surface area contributed by atoms with Crippen LogP contribution in [0.4, 0.5) is 10.7 Å². The van der Waals surface area contributed by atoms with Crippen molar-refractivity contribution in [2.24, 2.45) is 0 Å². The molecule has 138 valence electrons. The number of carbonyl (C=O) groups excluding carboxylic acids is 2. The molecule has 1 aliphatic rings. The zero-order chi connectivity index (χ0) is 18.5. The third-order valence-electron chi connectivity index (χ3n) is 4.47. The number of hydrogen-bond donors (Lipinski definition) is 2. The van der Waals surface area contributed by atoms with E-state index in [1.165, 1.54) is 11.3 Å². The molecule has 1 aliphatic carbocycles. The summed E-state index contributed by atoms with van der Waals surface area (Å²) >= 11 is 1.36. The second kappa shape index (κ2) is 8.36. The third-order valence-corrected chi connectivity index (χ3v) is 5.30. The van der Waals surface area contributed by atoms with E-state index in [2.05, 4.69) is 29.5 Å². The molecule has 1 aromatic heterocycles. The van der Waals surface area contributed by atoms with E-state index in [1.807, 2.05) is 29.6 Å². The number of amides is 2.